The minimum absolute atomic E-state index is 0.144. The smallest absolute Gasteiger partial charge is 0.273 e. The van der Waals surface area contributed by atoms with Crippen LogP contribution in [-0.4, -0.2) is 41.6 Å². The summed E-state index contributed by atoms with van der Waals surface area (Å²) in [6, 6.07) is 12.3. The second-order valence-corrected chi connectivity index (χ2v) is 7.57. The van der Waals surface area contributed by atoms with Crippen LogP contribution in [0.15, 0.2) is 40.9 Å². The van der Waals surface area contributed by atoms with Gasteiger partial charge in [0.25, 0.3) is 5.91 Å². The van der Waals surface area contributed by atoms with E-state index in [2.05, 4.69) is 15.4 Å². The summed E-state index contributed by atoms with van der Waals surface area (Å²) in [6.07, 6.45) is 7.87. The van der Waals surface area contributed by atoms with Gasteiger partial charge in [-0.2, -0.15) is 0 Å². The number of likely N-dealkylation sites (tertiary alicyclic amines) is 1. The molecule has 0 spiro atoms. The maximum absolute atomic E-state index is 12.4. The molecule has 26 heavy (non-hydrogen) atoms. The highest BCUT2D eigenvalue weighted by Crippen LogP contribution is 2.27. The van der Waals surface area contributed by atoms with E-state index >= 15 is 0 Å². The van der Waals surface area contributed by atoms with Crippen molar-refractivity contribution in [2.75, 3.05) is 19.6 Å². The summed E-state index contributed by atoms with van der Waals surface area (Å²) in [7, 11) is 0. The van der Waals surface area contributed by atoms with E-state index in [1.807, 2.05) is 30.3 Å². The maximum Gasteiger partial charge on any atom is 0.273 e. The van der Waals surface area contributed by atoms with Crippen LogP contribution in [0.2, 0.25) is 0 Å². The van der Waals surface area contributed by atoms with Gasteiger partial charge in [0.05, 0.1) is 0 Å². The third-order valence-electron chi connectivity index (χ3n) is 5.84. The highest BCUT2D eigenvalue weighted by Gasteiger charge is 2.27. The van der Waals surface area contributed by atoms with Crippen molar-refractivity contribution < 1.29 is 9.32 Å². The molecule has 4 rings (SSSR count). The lowest BCUT2D eigenvalue weighted by Gasteiger charge is -2.36. The van der Waals surface area contributed by atoms with E-state index in [0.29, 0.717) is 17.4 Å². The van der Waals surface area contributed by atoms with Gasteiger partial charge in [-0.25, -0.2) is 0 Å². The van der Waals surface area contributed by atoms with Crippen molar-refractivity contribution in [3.05, 3.63) is 42.1 Å². The lowest BCUT2D eigenvalue weighted by molar-refractivity contribution is 0.0916. The second kappa shape index (κ2) is 8.04. The predicted octanol–water partition coefficient (Wildman–Crippen LogP) is 3.73. The van der Waals surface area contributed by atoms with E-state index in [0.717, 1.165) is 18.2 Å². The number of aromatic nitrogens is 1. The van der Waals surface area contributed by atoms with Gasteiger partial charge in [0.15, 0.2) is 11.5 Å². The zero-order valence-corrected chi connectivity index (χ0v) is 15.2. The Labute approximate surface area is 154 Å². The summed E-state index contributed by atoms with van der Waals surface area (Å²) in [5, 5.41) is 6.96. The Hall–Kier alpha value is -2.14. The quantitative estimate of drug-likeness (QED) is 0.890. The Balaban J connectivity index is 1.25. The molecule has 2 aromatic rings. The standard InChI is InChI=1S/C21H27N3O2/c25-21(19-14-20(26-23-19)17-6-2-1-3-7-17)22-15-16-10-12-24(13-11-16)18-8-4-5-9-18/h1-3,6-7,14,16,18H,4-5,8-13,15H2,(H,22,25). The van der Waals surface area contributed by atoms with Crippen LogP contribution in [0, 0.1) is 5.92 Å². The lowest BCUT2D eigenvalue weighted by atomic mass is 9.95. The molecule has 1 aromatic heterocycles. The summed E-state index contributed by atoms with van der Waals surface area (Å²) in [4.78, 5) is 15.0. The molecule has 2 heterocycles. The van der Waals surface area contributed by atoms with Crippen molar-refractivity contribution in [1.29, 1.82) is 0 Å². The summed E-state index contributed by atoms with van der Waals surface area (Å²) < 4.78 is 5.32. The first-order chi connectivity index (χ1) is 12.8. The third-order valence-corrected chi connectivity index (χ3v) is 5.84. The molecular weight excluding hydrogens is 326 g/mol. The summed E-state index contributed by atoms with van der Waals surface area (Å²) in [5.41, 5.74) is 1.28. The molecule has 138 valence electrons. The molecule has 2 aliphatic rings. The molecule has 0 bridgehead atoms. The number of carbonyl (C=O) groups is 1. The average molecular weight is 353 g/mol. The molecule has 1 aliphatic heterocycles. The monoisotopic (exact) mass is 353 g/mol. The van der Waals surface area contributed by atoms with Gasteiger partial charge in [-0.15, -0.1) is 0 Å². The summed E-state index contributed by atoms with van der Waals surface area (Å²) in [5.74, 6) is 1.05. The number of benzene rings is 1. The molecule has 1 aromatic carbocycles. The van der Waals surface area contributed by atoms with Crippen molar-refractivity contribution in [2.24, 2.45) is 5.92 Å². The molecular formula is C21H27N3O2. The van der Waals surface area contributed by atoms with E-state index in [1.54, 1.807) is 6.07 Å². The van der Waals surface area contributed by atoms with Gasteiger partial charge in [-0.3, -0.25) is 4.79 Å². The van der Waals surface area contributed by atoms with Crippen LogP contribution in [-0.2, 0) is 0 Å². The molecule has 1 saturated carbocycles. The van der Waals surface area contributed by atoms with E-state index in [-0.39, 0.29) is 5.91 Å². The zero-order chi connectivity index (χ0) is 17.8. The van der Waals surface area contributed by atoms with Crippen molar-refractivity contribution in [2.45, 2.75) is 44.6 Å². The molecule has 0 radical (unpaired) electrons. The Morgan fingerprint density at radius 3 is 2.58 bits per heavy atom. The highest BCUT2D eigenvalue weighted by atomic mass is 16.5. The number of nitrogens with one attached hydrogen (secondary N) is 1. The second-order valence-electron chi connectivity index (χ2n) is 7.57. The Bertz CT molecular complexity index is 714. The molecule has 5 nitrogen and oxygen atoms in total. The molecule has 1 aliphatic carbocycles. The van der Waals surface area contributed by atoms with Crippen molar-refractivity contribution in [1.82, 2.24) is 15.4 Å². The average Bonchev–Trinajstić information content (AvgIpc) is 3.39. The number of hydrogen-bond donors (Lipinski definition) is 1. The van der Waals surface area contributed by atoms with E-state index in [9.17, 15) is 4.79 Å². The van der Waals surface area contributed by atoms with E-state index in [1.165, 1.54) is 51.6 Å². The molecule has 5 heteroatoms. The number of hydrogen-bond acceptors (Lipinski definition) is 4. The normalized spacial score (nSPS) is 19.7. The fourth-order valence-corrected chi connectivity index (χ4v) is 4.24. The van der Waals surface area contributed by atoms with Crippen LogP contribution in [0.4, 0.5) is 0 Å². The molecule has 1 saturated heterocycles. The van der Waals surface area contributed by atoms with Gasteiger partial charge >= 0.3 is 0 Å². The highest BCUT2D eigenvalue weighted by molar-refractivity contribution is 5.93. The molecule has 1 amide bonds. The van der Waals surface area contributed by atoms with Crippen molar-refractivity contribution in [3.8, 4) is 11.3 Å². The summed E-state index contributed by atoms with van der Waals surface area (Å²) >= 11 is 0. The molecule has 0 atom stereocenters. The largest absolute Gasteiger partial charge is 0.355 e. The van der Waals surface area contributed by atoms with Gasteiger partial charge in [-0.1, -0.05) is 48.3 Å². The first-order valence-electron chi connectivity index (χ1n) is 9.84. The molecule has 0 unspecified atom stereocenters. The first-order valence-corrected chi connectivity index (χ1v) is 9.84. The van der Waals surface area contributed by atoms with Crippen molar-refractivity contribution in [3.63, 3.8) is 0 Å². The van der Waals surface area contributed by atoms with Crippen LogP contribution in [0.5, 0.6) is 0 Å². The Morgan fingerprint density at radius 2 is 1.85 bits per heavy atom. The lowest BCUT2D eigenvalue weighted by Crippen LogP contribution is -2.42. The first kappa shape index (κ1) is 17.3. The van der Waals surface area contributed by atoms with Gasteiger partial charge in [-0.05, 0) is 44.7 Å². The SMILES string of the molecule is O=C(NCC1CCN(C2CCCC2)CC1)c1cc(-c2ccccc2)on1. The number of amides is 1. The van der Waals surface area contributed by atoms with Gasteiger partial charge in [0, 0.05) is 24.2 Å². The fraction of sp³-hybridized carbons (Fsp3) is 0.524. The Morgan fingerprint density at radius 1 is 1.12 bits per heavy atom. The van der Waals surface area contributed by atoms with Crippen LogP contribution in [0.1, 0.15) is 49.0 Å². The minimum Gasteiger partial charge on any atom is -0.355 e. The number of carbonyl (C=O) groups excluding carboxylic acids is 1. The molecule has 1 N–H and O–H groups in total. The zero-order valence-electron chi connectivity index (χ0n) is 15.2. The number of nitrogens with zero attached hydrogens (tertiary/aromatic N) is 2. The van der Waals surface area contributed by atoms with Crippen LogP contribution < -0.4 is 5.32 Å². The Kier molecular flexibility index (Phi) is 5.34. The number of piperidine rings is 1. The summed E-state index contributed by atoms with van der Waals surface area (Å²) in [6.45, 7) is 3.07. The fourth-order valence-electron chi connectivity index (χ4n) is 4.24. The minimum atomic E-state index is -0.144. The van der Waals surface area contributed by atoms with Crippen LogP contribution in [0.3, 0.4) is 0 Å². The molecule has 2 fully saturated rings. The van der Waals surface area contributed by atoms with E-state index < -0.39 is 0 Å². The van der Waals surface area contributed by atoms with Gasteiger partial charge in [0.2, 0.25) is 0 Å². The van der Waals surface area contributed by atoms with Gasteiger partial charge in [0.1, 0.15) is 0 Å². The van der Waals surface area contributed by atoms with Crippen LogP contribution >= 0.6 is 0 Å². The topological polar surface area (TPSA) is 58.4 Å². The van der Waals surface area contributed by atoms with E-state index in [4.69, 9.17) is 4.52 Å². The maximum atomic E-state index is 12.4. The van der Waals surface area contributed by atoms with Gasteiger partial charge < -0.3 is 14.7 Å². The predicted molar refractivity (Wildman–Crippen MR) is 101 cm³/mol. The third kappa shape index (κ3) is 3.98. The van der Waals surface area contributed by atoms with Crippen molar-refractivity contribution >= 4 is 5.91 Å². The van der Waals surface area contributed by atoms with Crippen LogP contribution in [0.25, 0.3) is 11.3 Å². The number of rotatable bonds is 5.